The summed E-state index contributed by atoms with van der Waals surface area (Å²) in [4.78, 5) is 2.51. The Kier molecular flexibility index (Phi) is 5.45. The Hall–Kier alpha value is -1.84. The van der Waals surface area contributed by atoms with Gasteiger partial charge >= 0.3 is 17.8 Å². The van der Waals surface area contributed by atoms with Gasteiger partial charge in [0.15, 0.2) is 0 Å². The minimum atomic E-state index is -5.51. The SMILES string of the molecule is Cc1sc(-c2ccccc2)cc1C1=C(CC2Sc3ccccc3S2)C(F)(F)C(F)(F)C1(F)F. The zero-order valence-corrected chi connectivity index (χ0v) is 19.5. The Bertz CT molecular complexity index is 1220. The number of allylic oxidation sites excluding steroid dienone is 2. The smallest absolute Gasteiger partial charge is 0.194 e. The second kappa shape index (κ2) is 7.85. The van der Waals surface area contributed by atoms with E-state index in [9.17, 15) is 17.6 Å². The topological polar surface area (TPSA) is 0 Å². The van der Waals surface area contributed by atoms with Gasteiger partial charge in [0.1, 0.15) is 0 Å². The Morgan fingerprint density at radius 2 is 1.36 bits per heavy atom. The molecule has 9 heteroatoms. The van der Waals surface area contributed by atoms with Crippen LogP contribution in [0.3, 0.4) is 0 Å². The fourth-order valence-corrected chi connectivity index (χ4v) is 8.01. The highest BCUT2D eigenvalue weighted by Gasteiger charge is 2.80. The first-order chi connectivity index (χ1) is 15.5. The first kappa shape index (κ1) is 22.9. The molecule has 1 aliphatic heterocycles. The van der Waals surface area contributed by atoms with Crippen molar-refractivity contribution in [1.82, 2.24) is 0 Å². The maximum atomic E-state index is 15.0. The molecule has 172 valence electrons. The van der Waals surface area contributed by atoms with Crippen LogP contribution in [0.4, 0.5) is 26.3 Å². The minimum absolute atomic E-state index is 0.235. The zero-order valence-electron chi connectivity index (χ0n) is 17.1. The standard InChI is InChI=1S/C24H16F6S3/c1-13-15(11-19(31-13)14-7-3-2-4-8-14)21-16(22(25,26)24(29,30)23(21,27)28)12-20-32-17-9-5-6-10-18(17)33-20/h2-11,20H,12H2,1H3. The van der Waals surface area contributed by atoms with E-state index in [0.29, 0.717) is 15.3 Å². The van der Waals surface area contributed by atoms with Crippen LogP contribution in [0.5, 0.6) is 0 Å². The number of hydrogen-bond acceptors (Lipinski definition) is 3. The van der Waals surface area contributed by atoms with E-state index >= 15 is 8.78 Å². The van der Waals surface area contributed by atoms with Gasteiger partial charge in [-0.1, -0.05) is 42.5 Å². The molecule has 0 N–H and O–H groups in total. The van der Waals surface area contributed by atoms with Gasteiger partial charge in [0, 0.05) is 30.7 Å². The molecule has 0 saturated heterocycles. The van der Waals surface area contributed by atoms with Gasteiger partial charge in [-0.3, -0.25) is 0 Å². The average Bonchev–Trinajstić information content (AvgIpc) is 3.38. The number of alkyl halides is 6. The third-order valence-corrected chi connectivity index (χ3v) is 9.65. The molecule has 1 aromatic heterocycles. The summed E-state index contributed by atoms with van der Waals surface area (Å²) in [5.74, 6) is -15.5. The third-order valence-electron chi connectivity index (χ3n) is 5.77. The highest BCUT2D eigenvalue weighted by atomic mass is 32.2. The monoisotopic (exact) mass is 514 g/mol. The molecule has 0 radical (unpaired) electrons. The zero-order chi connectivity index (χ0) is 23.6. The number of halogens is 6. The van der Waals surface area contributed by atoms with Crippen LogP contribution in [0.1, 0.15) is 16.9 Å². The van der Waals surface area contributed by atoms with E-state index in [1.54, 1.807) is 54.6 Å². The van der Waals surface area contributed by atoms with Gasteiger partial charge in [0.2, 0.25) is 0 Å². The van der Waals surface area contributed by atoms with Gasteiger partial charge < -0.3 is 0 Å². The molecule has 0 amide bonds. The summed E-state index contributed by atoms with van der Waals surface area (Å²) in [6, 6.07) is 17.3. The molecule has 33 heavy (non-hydrogen) atoms. The molecule has 0 bridgehead atoms. The van der Waals surface area contributed by atoms with E-state index in [2.05, 4.69) is 0 Å². The number of rotatable bonds is 4. The highest BCUT2D eigenvalue weighted by Crippen LogP contribution is 2.65. The van der Waals surface area contributed by atoms with Crippen LogP contribution in [0.2, 0.25) is 0 Å². The van der Waals surface area contributed by atoms with E-state index < -0.39 is 39.9 Å². The van der Waals surface area contributed by atoms with Gasteiger partial charge in [0.25, 0.3) is 0 Å². The maximum Gasteiger partial charge on any atom is 0.380 e. The number of thiophene rings is 1. The average molecular weight is 515 g/mol. The molecule has 0 saturated carbocycles. The van der Waals surface area contributed by atoms with Crippen molar-refractivity contribution >= 4 is 40.4 Å². The van der Waals surface area contributed by atoms with Crippen molar-refractivity contribution in [1.29, 1.82) is 0 Å². The van der Waals surface area contributed by atoms with Crippen molar-refractivity contribution in [3.05, 3.63) is 76.7 Å². The normalized spacial score (nSPS) is 20.9. The summed E-state index contributed by atoms with van der Waals surface area (Å²) in [5, 5.41) is 0. The van der Waals surface area contributed by atoms with Crippen molar-refractivity contribution in [3.63, 3.8) is 0 Å². The lowest BCUT2D eigenvalue weighted by atomic mass is 9.97. The second-order valence-electron chi connectivity index (χ2n) is 7.84. The molecule has 2 aliphatic rings. The molecule has 0 nitrogen and oxygen atoms in total. The molecule has 3 aromatic rings. The molecule has 0 spiro atoms. The number of aryl methyl sites for hydroxylation is 1. The first-order valence-electron chi connectivity index (χ1n) is 10.00. The first-order valence-corrected chi connectivity index (χ1v) is 12.6. The summed E-state index contributed by atoms with van der Waals surface area (Å²) in [5.41, 5.74) is -1.93. The predicted molar refractivity (Wildman–Crippen MR) is 123 cm³/mol. The Labute approximate surface area is 199 Å². The van der Waals surface area contributed by atoms with Crippen molar-refractivity contribution < 1.29 is 26.3 Å². The molecular formula is C24H16F6S3. The van der Waals surface area contributed by atoms with Gasteiger partial charge in [-0.15, -0.1) is 34.9 Å². The largest absolute Gasteiger partial charge is 0.380 e. The Balaban J connectivity index is 1.62. The second-order valence-corrected chi connectivity index (χ2v) is 11.9. The summed E-state index contributed by atoms with van der Waals surface area (Å²) in [7, 11) is 0. The fourth-order valence-electron chi connectivity index (χ4n) is 4.13. The fraction of sp³-hybridized carbons (Fsp3) is 0.250. The predicted octanol–water partition coefficient (Wildman–Crippen LogP) is 9.01. The Morgan fingerprint density at radius 1 is 0.788 bits per heavy atom. The van der Waals surface area contributed by atoms with Crippen LogP contribution in [0, 0.1) is 6.92 Å². The van der Waals surface area contributed by atoms with Gasteiger partial charge in [-0.25, -0.2) is 0 Å². The summed E-state index contributed by atoms with van der Waals surface area (Å²) >= 11 is 3.59. The Morgan fingerprint density at radius 3 is 1.97 bits per heavy atom. The van der Waals surface area contributed by atoms with E-state index in [0.717, 1.165) is 21.1 Å². The van der Waals surface area contributed by atoms with Crippen LogP contribution in [0.25, 0.3) is 16.0 Å². The summed E-state index contributed by atoms with van der Waals surface area (Å²) in [6.07, 6.45) is -0.576. The molecule has 2 heterocycles. The van der Waals surface area contributed by atoms with Gasteiger partial charge in [-0.2, -0.15) is 26.3 Å². The number of fused-ring (bicyclic) bond motifs is 1. The molecule has 1 aliphatic carbocycles. The number of benzene rings is 2. The molecule has 5 rings (SSSR count). The third kappa shape index (κ3) is 3.46. The lowest BCUT2D eigenvalue weighted by Crippen LogP contribution is -2.49. The minimum Gasteiger partial charge on any atom is -0.194 e. The number of thioether (sulfide) groups is 2. The molecule has 0 atom stereocenters. The van der Waals surface area contributed by atoms with Crippen molar-refractivity contribution in [3.8, 4) is 10.4 Å². The summed E-state index contributed by atoms with van der Waals surface area (Å²) in [6.45, 7) is 1.50. The molecule has 2 aromatic carbocycles. The van der Waals surface area contributed by atoms with Crippen molar-refractivity contribution in [2.24, 2.45) is 0 Å². The van der Waals surface area contributed by atoms with E-state index in [-0.39, 0.29) is 5.56 Å². The number of hydrogen-bond donors (Lipinski definition) is 0. The van der Waals surface area contributed by atoms with Gasteiger partial charge in [0.05, 0.1) is 4.58 Å². The quantitative estimate of drug-likeness (QED) is 0.319. The van der Waals surface area contributed by atoms with Crippen LogP contribution < -0.4 is 0 Å². The van der Waals surface area contributed by atoms with E-state index in [4.69, 9.17) is 0 Å². The van der Waals surface area contributed by atoms with Crippen LogP contribution in [-0.4, -0.2) is 22.3 Å². The van der Waals surface area contributed by atoms with Crippen LogP contribution in [-0.2, 0) is 0 Å². The molecule has 0 fully saturated rings. The lowest BCUT2D eigenvalue weighted by molar-refractivity contribution is -0.260. The summed E-state index contributed by atoms with van der Waals surface area (Å²) < 4.78 is 88.5. The van der Waals surface area contributed by atoms with Gasteiger partial charge in [-0.05, 0) is 42.7 Å². The van der Waals surface area contributed by atoms with E-state index in [1.165, 1.54) is 36.5 Å². The maximum absolute atomic E-state index is 15.0. The highest BCUT2D eigenvalue weighted by molar-refractivity contribution is 8.19. The molecule has 0 unspecified atom stereocenters. The van der Waals surface area contributed by atoms with Crippen LogP contribution >= 0.6 is 34.9 Å². The van der Waals surface area contributed by atoms with Crippen LogP contribution in [0.15, 0.2) is 76.0 Å². The van der Waals surface area contributed by atoms with E-state index in [1.807, 2.05) is 0 Å². The molecular weight excluding hydrogens is 498 g/mol. The van der Waals surface area contributed by atoms with Crippen molar-refractivity contribution in [2.75, 3.05) is 0 Å². The van der Waals surface area contributed by atoms with Crippen molar-refractivity contribution in [2.45, 2.75) is 45.5 Å². The lowest BCUT2D eigenvalue weighted by Gasteiger charge is -2.26.